The van der Waals surface area contributed by atoms with Gasteiger partial charge in [-0.05, 0) is 17.7 Å². The number of carbonyl (C=O) groups is 1. The molecule has 1 aromatic rings. The number of carbonyl (C=O) groups excluding carboxylic acids is 1. The zero-order valence-corrected chi connectivity index (χ0v) is 10.7. The smallest absolute Gasteiger partial charge is 0.222 e. The molecule has 92 valence electrons. The number of rotatable bonds is 6. The molecule has 0 spiro atoms. The molecule has 0 unspecified atom stereocenters. The highest BCUT2D eigenvalue weighted by atomic mass is 32.1. The molecule has 0 radical (unpaired) electrons. The van der Waals surface area contributed by atoms with Gasteiger partial charge >= 0.3 is 0 Å². The molecule has 0 aromatic carbocycles. The average Bonchev–Trinajstić information content (AvgIpc) is 2.34. The van der Waals surface area contributed by atoms with E-state index in [0.717, 1.165) is 5.56 Å². The predicted octanol–water partition coefficient (Wildman–Crippen LogP) is 1.50. The summed E-state index contributed by atoms with van der Waals surface area (Å²) in [5, 5.41) is 0. The van der Waals surface area contributed by atoms with E-state index in [1.54, 1.807) is 17.3 Å². The van der Waals surface area contributed by atoms with E-state index in [2.05, 4.69) is 4.98 Å². The van der Waals surface area contributed by atoms with Crippen molar-refractivity contribution in [1.82, 2.24) is 9.88 Å². The summed E-state index contributed by atoms with van der Waals surface area (Å²) in [6, 6.07) is 3.80. The highest BCUT2D eigenvalue weighted by Gasteiger charge is 2.11. The van der Waals surface area contributed by atoms with Crippen LogP contribution < -0.4 is 5.73 Å². The van der Waals surface area contributed by atoms with E-state index in [-0.39, 0.29) is 5.91 Å². The highest BCUT2D eigenvalue weighted by molar-refractivity contribution is 7.80. The Bertz CT molecular complexity index is 381. The van der Waals surface area contributed by atoms with Gasteiger partial charge in [-0.25, -0.2) is 0 Å². The molecule has 1 amide bonds. The Morgan fingerprint density at radius 3 is 2.65 bits per heavy atom. The fourth-order valence-corrected chi connectivity index (χ4v) is 1.56. The summed E-state index contributed by atoms with van der Waals surface area (Å²) < 4.78 is 0. The van der Waals surface area contributed by atoms with E-state index in [1.807, 2.05) is 19.1 Å². The maximum atomic E-state index is 11.8. The molecule has 0 saturated carbocycles. The molecule has 1 heterocycles. The monoisotopic (exact) mass is 251 g/mol. The molecule has 0 atom stereocenters. The van der Waals surface area contributed by atoms with Gasteiger partial charge in [0, 0.05) is 38.3 Å². The van der Waals surface area contributed by atoms with Gasteiger partial charge in [-0.3, -0.25) is 9.78 Å². The van der Waals surface area contributed by atoms with Crippen molar-refractivity contribution in [2.45, 2.75) is 26.3 Å². The molecule has 4 nitrogen and oxygen atoms in total. The summed E-state index contributed by atoms with van der Waals surface area (Å²) in [7, 11) is 0. The van der Waals surface area contributed by atoms with Crippen LogP contribution in [0.5, 0.6) is 0 Å². The highest BCUT2D eigenvalue weighted by Crippen LogP contribution is 2.06. The van der Waals surface area contributed by atoms with E-state index in [0.29, 0.717) is 30.9 Å². The summed E-state index contributed by atoms with van der Waals surface area (Å²) in [5.41, 5.74) is 6.52. The third kappa shape index (κ3) is 4.91. The second-order valence-electron chi connectivity index (χ2n) is 3.74. The van der Waals surface area contributed by atoms with Gasteiger partial charge in [0.25, 0.3) is 0 Å². The van der Waals surface area contributed by atoms with Crippen LogP contribution in [0.3, 0.4) is 0 Å². The van der Waals surface area contributed by atoms with Crippen molar-refractivity contribution >= 4 is 23.1 Å². The molecule has 0 saturated heterocycles. The van der Waals surface area contributed by atoms with Gasteiger partial charge < -0.3 is 10.6 Å². The van der Waals surface area contributed by atoms with Crippen LogP contribution in [0.1, 0.15) is 25.3 Å². The molecule has 0 fully saturated rings. The van der Waals surface area contributed by atoms with Crippen LogP contribution >= 0.6 is 12.2 Å². The molecule has 1 rings (SSSR count). The van der Waals surface area contributed by atoms with Crippen LogP contribution in [0.4, 0.5) is 0 Å². The number of pyridine rings is 1. The first-order valence-electron chi connectivity index (χ1n) is 5.58. The first kappa shape index (κ1) is 13.6. The number of hydrogen-bond acceptors (Lipinski definition) is 3. The van der Waals surface area contributed by atoms with Gasteiger partial charge in [0.15, 0.2) is 0 Å². The molecule has 17 heavy (non-hydrogen) atoms. The fourth-order valence-electron chi connectivity index (χ4n) is 1.47. The number of nitrogens with zero attached hydrogens (tertiary/aromatic N) is 2. The largest absolute Gasteiger partial charge is 0.393 e. The molecular weight excluding hydrogens is 234 g/mol. The quantitative estimate of drug-likeness (QED) is 0.778. The van der Waals surface area contributed by atoms with Crippen molar-refractivity contribution in [3.05, 3.63) is 30.1 Å². The third-order valence-electron chi connectivity index (χ3n) is 2.41. The van der Waals surface area contributed by atoms with E-state index in [1.165, 1.54) is 0 Å². The minimum atomic E-state index is 0.109. The predicted molar refractivity (Wildman–Crippen MR) is 71.3 cm³/mol. The zero-order chi connectivity index (χ0) is 12.7. The first-order chi connectivity index (χ1) is 8.13. The van der Waals surface area contributed by atoms with Crippen molar-refractivity contribution in [2.75, 3.05) is 6.54 Å². The van der Waals surface area contributed by atoms with E-state index >= 15 is 0 Å². The summed E-state index contributed by atoms with van der Waals surface area (Å²) in [4.78, 5) is 17.9. The Balaban J connectivity index is 2.63. The molecule has 0 aliphatic carbocycles. The minimum Gasteiger partial charge on any atom is -0.393 e. The normalized spacial score (nSPS) is 9.94. The van der Waals surface area contributed by atoms with Crippen LogP contribution in [-0.2, 0) is 11.3 Å². The lowest BCUT2D eigenvalue weighted by atomic mass is 10.2. The van der Waals surface area contributed by atoms with Gasteiger partial charge in [0.2, 0.25) is 5.91 Å². The van der Waals surface area contributed by atoms with Crippen molar-refractivity contribution in [2.24, 2.45) is 5.73 Å². The molecule has 2 N–H and O–H groups in total. The third-order valence-corrected chi connectivity index (χ3v) is 2.61. The lowest BCUT2D eigenvalue weighted by Gasteiger charge is -2.22. The standard InChI is InChI=1S/C12H17N3OS/c1-2-12(16)15(8-5-11(13)17)9-10-3-6-14-7-4-10/h3-4,6-7H,2,5,8-9H2,1H3,(H2,13,17). The topological polar surface area (TPSA) is 59.2 Å². The van der Waals surface area contributed by atoms with Crippen molar-refractivity contribution in [1.29, 1.82) is 0 Å². The van der Waals surface area contributed by atoms with Crippen LogP contribution in [0.25, 0.3) is 0 Å². The van der Waals surface area contributed by atoms with Crippen molar-refractivity contribution in [3.8, 4) is 0 Å². The number of thiocarbonyl (C=S) groups is 1. The molecule has 1 aromatic heterocycles. The lowest BCUT2D eigenvalue weighted by Crippen LogP contribution is -2.32. The second kappa shape index (κ2) is 6.96. The fraction of sp³-hybridized carbons (Fsp3) is 0.417. The van der Waals surface area contributed by atoms with Crippen LogP contribution in [0, 0.1) is 0 Å². The lowest BCUT2D eigenvalue weighted by molar-refractivity contribution is -0.131. The van der Waals surface area contributed by atoms with Crippen molar-refractivity contribution in [3.63, 3.8) is 0 Å². The van der Waals surface area contributed by atoms with E-state index < -0.39 is 0 Å². The van der Waals surface area contributed by atoms with Gasteiger partial charge in [-0.2, -0.15) is 0 Å². The number of aromatic nitrogens is 1. The SMILES string of the molecule is CCC(=O)N(CCC(N)=S)Cc1ccncc1. The Morgan fingerprint density at radius 2 is 2.12 bits per heavy atom. The molecule has 0 aliphatic heterocycles. The number of amides is 1. The maximum absolute atomic E-state index is 11.8. The van der Waals surface area contributed by atoms with Gasteiger partial charge in [0.05, 0.1) is 4.99 Å². The molecule has 0 bridgehead atoms. The minimum absolute atomic E-state index is 0.109. The Labute approximate surface area is 107 Å². The van der Waals surface area contributed by atoms with Crippen LogP contribution in [0.2, 0.25) is 0 Å². The maximum Gasteiger partial charge on any atom is 0.222 e. The second-order valence-corrected chi connectivity index (χ2v) is 4.26. The first-order valence-corrected chi connectivity index (χ1v) is 5.99. The Hall–Kier alpha value is -1.49. The van der Waals surface area contributed by atoms with E-state index in [9.17, 15) is 4.79 Å². The van der Waals surface area contributed by atoms with Gasteiger partial charge in [-0.15, -0.1) is 0 Å². The van der Waals surface area contributed by atoms with Crippen molar-refractivity contribution < 1.29 is 4.79 Å². The summed E-state index contributed by atoms with van der Waals surface area (Å²) in [6.45, 7) is 3.00. The van der Waals surface area contributed by atoms with Crippen LogP contribution in [-0.4, -0.2) is 27.3 Å². The molecule has 0 aliphatic rings. The molecule has 5 heteroatoms. The summed E-state index contributed by atoms with van der Waals surface area (Å²) in [5.74, 6) is 0.109. The average molecular weight is 251 g/mol. The number of hydrogen-bond donors (Lipinski definition) is 1. The molecular formula is C12H17N3OS. The number of nitrogens with two attached hydrogens (primary N) is 1. The van der Waals surface area contributed by atoms with Crippen LogP contribution in [0.15, 0.2) is 24.5 Å². The summed E-state index contributed by atoms with van der Waals surface area (Å²) >= 11 is 4.83. The Morgan fingerprint density at radius 1 is 1.47 bits per heavy atom. The Kier molecular flexibility index (Phi) is 5.56. The zero-order valence-electron chi connectivity index (χ0n) is 9.93. The van der Waals surface area contributed by atoms with Gasteiger partial charge in [0.1, 0.15) is 0 Å². The van der Waals surface area contributed by atoms with E-state index in [4.69, 9.17) is 18.0 Å². The summed E-state index contributed by atoms with van der Waals surface area (Å²) in [6.07, 6.45) is 4.49. The van der Waals surface area contributed by atoms with Gasteiger partial charge in [-0.1, -0.05) is 19.1 Å².